The molecular weight excluding hydrogens is 262 g/mol. The van der Waals surface area contributed by atoms with Crippen LogP contribution in [-0.2, 0) is 0 Å². The van der Waals surface area contributed by atoms with Crippen LogP contribution in [0.2, 0.25) is 0 Å². The maximum atomic E-state index is 5.66. The van der Waals surface area contributed by atoms with Crippen molar-refractivity contribution in [3.8, 4) is 0 Å². The van der Waals surface area contributed by atoms with Gasteiger partial charge in [-0.2, -0.15) is 4.98 Å². The van der Waals surface area contributed by atoms with Crippen molar-refractivity contribution in [2.45, 2.75) is 82.6 Å². The predicted octanol–water partition coefficient (Wildman–Crippen LogP) is 4.00. The number of hydrogen-bond donors (Lipinski definition) is 1. The Morgan fingerprint density at radius 2 is 2.00 bits per heavy atom. The predicted molar refractivity (Wildman–Crippen MR) is 83.3 cm³/mol. The van der Waals surface area contributed by atoms with Gasteiger partial charge >= 0.3 is 0 Å². The fourth-order valence-electron chi connectivity index (χ4n) is 4.23. The van der Waals surface area contributed by atoms with Crippen LogP contribution in [0.3, 0.4) is 0 Å². The second kappa shape index (κ2) is 6.91. The number of nitrogens with one attached hydrogen (secondary N) is 1. The Bertz CT molecular complexity index is 445. The third kappa shape index (κ3) is 3.31. The quantitative estimate of drug-likeness (QED) is 0.911. The molecule has 4 unspecified atom stereocenters. The van der Waals surface area contributed by atoms with E-state index in [0.29, 0.717) is 17.9 Å². The Morgan fingerprint density at radius 1 is 1.14 bits per heavy atom. The molecule has 0 radical (unpaired) electrons. The van der Waals surface area contributed by atoms with Crippen LogP contribution in [-0.4, -0.2) is 23.2 Å². The minimum absolute atomic E-state index is 0.413. The second-order valence-electron chi connectivity index (χ2n) is 6.91. The van der Waals surface area contributed by atoms with Gasteiger partial charge in [-0.15, -0.1) is 0 Å². The lowest BCUT2D eigenvalue weighted by molar-refractivity contribution is 0.266. The minimum atomic E-state index is 0.413. The van der Waals surface area contributed by atoms with Gasteiger partial charge in [-0.05, 0) is 38.6 Å². The molecule has 1 aromatic rings. The van der Waals surface area contributed by atoms with Gasteiger partial charge in [0.15, 0.2) is 5.82 Å². The van der Waals surface area contributed by atoms with Gasteiger partial charge in [0.25, 0.3) is 0 Å². The molecule has 1 heterocycles. The lowest BCUT2D eigenvalue weighted by Gasteiger charge is -2.28. The van der Waals surface area contributed by atoms with Gasteiger partial charge in [0.05, 0.1) is 5.92 Å². The summed E-state index contributed by atoms with van der Waals surface area (Å²) in [6.45, 7) is 2.30. The third-order valence-corrected chi connectivity index (χ3v) is 5.64. The first-order chi connectivity index (χ1) is 10.3. The summed E-state index contributed by atoms with van der Waals surface area (Å²) < 4.78 is 5.66. The van der Waals surface area contributed by atoms with Crippen molar-refractivity contribution in [1.82, 2.24) is 15.5 Å². The molecular formula is C17H29N3O. The summed E-state index contributed by atoms with van der Waals surface area (Å²) in [4.78, 5) is 4.81. The number of likely N-dealkylation sites (N-methyl/N-ethyl adjacent to an activating group) is 1. The summed E-state index contributed by atoms with van der Waals surface area (Å²) in [6, 6.07) is 0.502. The van der Waals surface area contributed by atoms with Gasteiger partial charge in [0.1, 0.15) is 0 Å². The molecule has 0 amide bonds. The Morgan fingerprint density at radius 3 is 2.81 bits per heavy atom. The SMILES string of the molecule is CCC1CCCC(c2noc(C3CCCCC3NC)n2)C1. The molecule has 1 aromatic heterocycles. The monoisotopic (exact) mass is 291 g/mol. The van der Waals surface area contributed by atoms with Crippen molar-refractivity contribution in [3.05, 3.63) is 11.7 Å². The lowest BCUT2D eigenvalue weighted by atomic mass is 9.80. The summed E-state index contributed by atoms with van der Waals surface area (Å²) in [5.41, 5.74) is 0. The third-order valence-electron chi connectivity index (χ3n) is 5.64. The normalized spacial score (nSPS) is 34.0. The van der Waals surface area contributed by atoms with E-state index in [-0.39, 0.29) is 0 Å². The topological polar surface area (TPSA) is 51.0 Å². The van der Waals surface area contributed by atoms with Crippen molar-refractivity contribution >= 4 is 0 Å². The summed E-state index contributed by atoms with van der Waals surface area (Å²) >= 11 is 0. The van der Waals surface area contributed by atoms with Gasteiger partial charge in [0.2, 0.25) is 5.89 Å². The highest BCUT2D eigenvalue weighted by atomic mass is 16.5. The number of hydrogen-bond acceptors (Lipinski definition) is 4. The zero-order chi connectivity index (χ0) is 14.7. The number of rotatable bonds is 4. The average Bonchev–Trinajstić information content (AvgIpc) is 3.04. The molecule has 2 fully saturated rings. The Hall–Kier alpha value is -0.900. The molecule has 21 heavy (non-hydrogen) atoms. The molecule has 1 N–H and O–H groups in total. The summed E-state index contributed by atoms with van der Waals surface area (Å²) in [5.74, 6) is 3.64. The molecule has 4 nitrogen and oxygen atoms in total. The van der Waals surface area contributed by atoms with E-state index in [9.17, 15) is 0 Å². The van der Waals surface area contributed by atoms with Crippen molar-refractivity contribution < 1.29 is 4.52 Å². The van der Waals surface area contributed by atoms with Crippen LogP contribution < -0.4 is 5.32 Å². The van der Waals surface area contributed by atoms with Crippen LogP contribution >= 0.6 is 0 Å². The Labute approximate surface area is 128 Å². The van der Waals surface area contributed by atoms with Crippen LogP contribution in [0.4, 0.5) is 0 Å². The molecule has 2 aliphatic rings. The number of aromatic nitrogens is 2. The molecule has 0 saturated heterocycles. The van der Waals surface area contributed by atoms with E-state index in [1.165, 1.54) is 57.8 Å². The van der Waals surface area contributed by atoms with Crippen LogP contribution in [0.25, 0.3) is 0 Å². The highest BCUT2D eigenvalue weighted by Gasteiger charge is 2.32. The summed E-state index contributed by atoms with van der Waals surface area (Å²) in [5, 5.41) is 7.77. The molecule has 4 heteroatoms. The average molecular weight is 291 g/mol. The van der Waals surface area contributed by atoms with Crippen LogP contribution in [0.15, 0.2) is 4.52 Å². The van der Waals surface area contributed by atoms with E-state index in [2.05, 4.69) is 17.4 Å². The largest absolute Gasteiger partial charge is 0.339 e. The molecule has 0 aromatic carbocycles. The maximum absolute atomic E-state index is 5.66. The van der Waals surface area contributed by atoms with Crippen molar-refractivity contribution in [1.29, 1.82) is 0 Å². The smallest absolute Gasteiger partial charge is 0.231 e. The van der Waals surface area contributed by atoms with E-state index < -0.39 is 0 Å². The van der Waals surface area contributed by atoms with Crippen molar-refractivity contribution in [3.63, 3.8) is 0 Å². The zero-order valence-corrected chi connectivity index (χ0v) is 13.5. The van der Waals surface area contributed by atoms with E-state index in [1.807, 2.05) is 7.05 Å². The molecule has 118 valence electrons. The first-order valence-corrected chi connectivity index (χ1v) is 8.82. The van der Waals surface area contributed by atoms with Crippen LogP contribution in [0.5, 0.6) is 0 Å². The van der Waals surface area contributed by atoms with Gasteiger partial charge in [-0.3, -0.25) is 0 Å². The molecule has 0 spiro atoms. The van der Waals surface area contributed by atoms with E-state index >= 15 is 0 Å². The van der Waals surface area contributed by atoms with Gasteiger partial charge in [-0.25, -0.2) is 0 Å². The van der Waals surface area contributed by atoms with Gasteiger partial charge in [0, 0.05) is 12.0 Å². The van der Waals surface area contributed by atoms with E-state index in [4.69, 9.17) is 9.51 Å². The summed E-state index contributed by atoms with van der Waals surface area (Å²) in [7, 11) is 2.05. The summed E-state index contributed by atoms with van der Waals surface area (Å²) in [6.07, 6.45) is 11.4. The fraction of sp³-hybridized carbons (Fsp3) is 0.882. The molecule has 0 bridgehead atoms. The highest BCUT2D eigenvalue weighted by Crippen LogP contribution is 2.38. The molecule has 0 aliphatic heterocycles. The van der Waals surface area contributed by atoms with Gasteiger partial charge < -0.3 is 9.84 Å². The zero-order valence-electron chi connectivity index (χ0n) is 13.5. The first kappa shape index (κ1) is 15.0. The highest BCUT2D eigenvalue weighted by molar-refractivity contribution is 5.04. The standard InChI is InChI=1S/C17H29N3O/c1-3-12-7-6-8-13(11-12)16-19-17(21-20-16)14-9-4-5-10-15(14)18-2/h12-15,18H,3-11H2,1-2H3. The van der Waals surface area contributed by atoms with Crippen molar-refractivity contribution in [2.24, 2.45) is 5.92 Å². The Kier molecular flexibility index (Phi) is 4.94. The fourth-order valence-corrected chi connectivity index (χ4v) is 4.23. The molecule has 3 rings (SSSR count). The molecule has 2 saturated carbocycles. The van der Waals surface area contributed by atoms with Gasteiger partial charge in [-0.1, -0.05) is 44.2 Å². The maximum Gasteiger partial charge on any atom is 0.231 e. The van der Waals surface area contributed by atoms with Crippen LogP contribution in [0, 0.1) is 5.92 Å². The van der Waals surface area contributed by atoms with E-state index in [1.54, 1.807) is 0 Å². The minimum Gasteiger partial charge on any atom is -0.339 e. The number of nitrogens with zero attached hydrogens (tertiary/aromatic N) is 2. The van der Waals surface area contributed by atoms with Crippen LogP contribution in [0.1, 0.15) is 88.3 Å². The second-order valence-corrected chi connectivity index (χ2v) is 6.91. The van der Waals surface area contributed by atoms with E-state index in [0.717, 1.165) is 17.6 Å². The first-order valence-electron chi connectivity index (χ1n) is 8.82. The molecule has 4 atom stereocenters. The lowest BCUT2D eigenvalue weighted by Crippen LogP contribution is -2.34. The Balaban J connectivity index is 1.70. The molecule has 2 aliphatic carbocycles. The van der Waals surface area contributed by atoms with Crippen molar-refractivity contribution in [2.75, 3.05) is 7.05 Å².